The van der Waals surface area contributed by atoms with E-state index in [9.17, 15) is 8.42 Å². The Balaban J connectivity index is 0.00000289. The number of nitrogens with zero attached hydrogens (tertiary/aromatic N) is 3. The number of sulfonamides is 1. The standard InChI is InChI=1S/C23H30ClN3O3S.ClH/c1-30-21-8-6-19(7-9-21)18-25-12-10-20(11-13-25)26-14-16-27(17-15-26)31(28,29)23-5-3-2-4-22(23)24;/h2-9,20H,10-18H2,1H3;1H. The van der Waals surface area contributed by atoms with Crippen molar-refractivity contribution in [1.29, 1.82) is 0 Å². The number of rotatable bonds is 6. The molecule has 0 spiro atoms. The molecule has 176 valence electrons. The smallest absolute Gasteiger partial charge is 0.244 e. The van der Waals surface area contributed by atoms with Crippen LogP contribution in [0.2, 0.25) is 5.02 Å². The van der Waals surface area contributed by atoms with Crippen LogP contribution in [0.5, 0.6) is 5.75 Å². The third-order valence-electron chi connectivity index (χ3n) is 6.37. The lowest BCUT2D eigenvalue weighted by atomic mass is 10.0. The van der Waals surface area contributed by atoms with Crippen LogP contribution in [0.15, 0.2) is 53.4 Å². The fraction of sp³-hybridized carbons (Fsp3) is 0.478. The molecule has 0 N–H and O–H groups in total. The minimum atomic E-state index is -3.54. The van der Waals surface area contributed by atoms with Crippen molar-refractivity contribution in [3.63, 3.8) is 0 Å². The Kier molecular flexibility index (Phi) is 8.83. The van der Waals surface area contributed by atoms with Crippen LogP contribution in [0.4, 0.5) is 0 Å². The van der Waals surface area contributed by atoms with E-state index in [1.807, 2.05) is 12.1 Å². The van der Waals surface area contributed by atoms with Gasteiger partial charge in [-0.25, -0.2) is 8.42 Å². The zero-order valence-electron chi connectivity index (χ0n) is 18.3. The SMILES string of the molecule is COc1ccc(CN2CCC(N3CCN(S(=O)(=O)c4ccccc4Cl)CC3)CC2)cc1.Cl. The summed E-state index contributed by atoms with van der Waals surface area (Å²) in [5.41, 5.74) is 1.30. The Morgan fingerprint density at radius 2 is 1.56 bits per heavy atom. The van der Waals surface area contributed by atoms with Crippen LogP contribution in [-0.4, -0.2) is 74.9 Å². The van der Waals surface area contributed by atoms with E-state index >= 15 is 0 Å². The minimum absolute atomic E-state index is 0. The lowest BCUT2D eigenvalue weighted by molar-refractivity contribution is 0.0786. The largest absolute Gasteiger partial charge is 0.497 e. The first-order valence-corrected chi connectivity index (χ1v) is 12.6. The number of likely N-dealkylation sites (tertiary alicyclic amines) is 1. The van der Waals surface area contributed by atoms with Crippen molar-refractivity contribution in [2.75, 3.05) is 46.4 Å². The maximum atomic E-state index is 13.0. The van der Waals surface area contributed by atoms with Crippen molar-refractivity contribution in [2.24, 2.45) is 0 Å². The van der Waals surface area contributed by atoms with E-state index in [-0.39, 0.29) is 22.3 Å². The number of piperazine rings is 1. The van der Waals surface area contributed by atoms with Crippen LogP contribution >= 0.6 is 24.0 Å². The van der Waals surface area contributed by atoms with Crippen molar-refractivity contribution >= 4 is 34.0 Å². The number of benzene rings is 2. The minimum Gasteiger partial charge on any atom is -0.497 e. The Morgan fingerprint density at radius 3 is 2.16 bits per heavy atom. The summed E-state index contributed by atoms with van der Waals surface area (Å²) in [5.74, 6) is 0.887. The third-order valence-corrected chi connectivity index (χ3v) is 8.76. The highest BCUT2D eigenvalue weighted by atomic mass is 35.5. The zero-order valence-corrected chi connectivity index (χ0v) is 20.7. The second kappa shape index (κ2) is 11.2. The van der Waals surface area contributed by atoms with Gasteiger partial charge < -0.3 is 4.74 Å². The van der Waals surface area contributed by atoms with Crippen molar-refractivity contribution in [3.8, 4) is 5.75 Å². The molecule has 4 rings (SSSR count). The topological polar surface area (TPSA) is 53.1 Å². The van der Waals surface area contributed by atoms with E-state index in [0.29, 0.717) is 19.1 Å². The van der Waals surface area contributed by atoms with Gasteiger partial charge in [-0.05, 0) is 55.8 Å². The van der Waals surface area contributed by atoms with Crippen LogP contribution in [0.3, 0.4) is 0 Å². The zero-order chi connectivity index (χ0) is 21.8. The highest BCUT2D eigenvalue weighted by Crippen LogP contribution is 2.26. The number of piperidine rings is 1. The summed E-state index contributed by atoms with van der Waals surface area (Å²) in [6.45, 7) is 5.66. The highest BCUT2D eigenvalue weighted by molar-refractivity contribution is 7.89. The predicted octanol–water partition coefficient (Wildman–Crippen LogP) is 3.74. The van der Waals surface area contributed by atoms with Gasteiger partial charge in [-0.1, -0.05) is 35.9 Å². The van der Waals surface area contributed by atoms with Crippen LogP contribution in [0.25, 0.3) is 0 Å². The van der Waals surface area contributed by atoms with Crippen LogP contribution in [0, 0.1) is 0 Å². The monoisotopic (exact) mass is 499 g/mol. The highest BCUT2D eigenvalue weighted by Gasteiger charge is 2.33. The second-order valence-electron chi connectivity index (χ2n) is 8.23. The van der Waals surface area contributed by atoms with Gasteiger partial charge in [-0.2, -0.15) is 4.31 Å². The molecule has 0 atom stereocenters. The Hall–Kier alpha value is -1.35. The van der Waals surface area contributed by atoms with E-state index in [1.165, 1.54) is 5.56 Å². The molecule has 2 aliphatic rings. The van der Waals surface area contributed by atoms with Crippen LogP contribution < -0.4 is 4.74 Å². The molecule has 2 aliphatic heterocycles. The molecule has 0 saturated carbocycles. The van der Waals surface area contributed by atoms with Gasteiger partial charge in [0.05, 0.1) is 12.1 Å². The molecule has 2 heterocycles. The Labute approximate surface area is 202 Å². The van der Waals surface area contributed by atoms with Gasteiger partial charge in [-0.3, -0.25) is 9.80 Å². The second-order valence-corrected chi connectivity index (χ2v) is 10.5. The molecular formula is C23H31Cl2N3O3S. The molecule has 2 aromatic carbocycles. The molecule has 2 fully saturated rings. The fourth-order valence-electron chi connectivity index (χ4n) is 4.53. The average molecular weight is 500 g/mol. The van der Waals surface area contributed by atoms with E-state index in [0.717, 1.165) is 51.3 Å². The summed E-state index contributed by atoms with van der Waals surface area (Å²) in [6.07, 6.45) is 2.24. The molecule has 32 heavy (non-hydrogen) atoms. The first-order valence-electron chi connectivity index (χ1n) is 10.8. The molecule has 0 aliphatic carbocycles. The van der Waals surface area contributed by atoms with E-state index in [1.54, 1.807) is 35.7 Å². The molecule has 0 amide bonds. The molecule has 2 saturated heterocycles. The average Bonchev–Trinajstić information content (AvgIpc) is 2.80. The van der Waals surface area contributed by atoms with Crippen molar-refractivity contribution in [3.05, 3.63) is 59.1 Å². The lowest BCUT2D eigenvalue weighted by Gasteiger charge is -2.42. The van der Waals surface area contributed by atoms with Gasteiger partial charge in [-0.15, -0.1) is 12.4 Å². The first-order chi connectivity index (χ1) is 15.0. The normalized spacial score (nSPS) is 19.4. The quantitative estimate of drug-likeness (QED) is 0.605. The van der Waals surface area contributed by atoms with E-state index in [2.05, 4.69) is 21.9 Å². The van der Waals surface area contributed by atoms with Crippen molar-refractivity contribution < 1.29 is 13.2 Å². The summed E-state index contributed by atoms with van der Waals surface area (Å²) in [5, 5.41) is 0.286. The van der Waals surface area contributed by atoms with Crippen LogP contribution in [0.1, 0.15) is 18.4 Å². The summed E-state index contributed by atoms with van der Waals surface area (Å²) in [7, 11) is -1.85. The maximum Gasteiger partial charge on any atom is 0.244 e. The van der Waals surface area contributed by atoms with Gasteiger partial charge in [0, 0.05) is 38.8 Å². The summed E-state index contributed by atoms with van der Waals surface area (Å²) in [4.78, 5) is 5.16. The third kappa shape index (κ3) is 5.76. The maximum absolute atomic E-state index is 13.0. The predicted molar refractivity (Wildman–Crippen MR) is 130 cm³/mol. The number of halogens is 2. The number of ether oxygens (including phenoxy) is 1. The van der Waals surface area contributed by atoms with E-state index < -0.39 is 10.0 Å². The molecular weight excluding hydrogens is 469 g/mol. The van der Waals surface area contributed by atoms with Crippen molar-refractivity contribution in [2.45, 2.75) is 30.3 Å². The fourth-order valence-corrected chi connectivity index (χ4v) is 6.45. The molecule has 0 unspecified atom stereocenters. The van der Waals surface area contributed by atoms with Gasteiger partial charge >= 0.3 is 0 Å². The van der Waals surface area contributed by atoms with Gasteiger partial charge in [0.2, 0.25) is 10.0 Å². The van der Waals surface area contributed by atoms with Gasteiger partial charge in [0.25, 0.3) is 0 Å². The Morgan fingerprint density at radius 1 is 0.938 bits per heavy atom. The Bertz CT molecular complexity index is 972. The number of hydrogen-bond donors (Lipinski definition) is 0. The van der Waals surface area contributed by atoms with Crippen LogP contribution in [-0.2, 0) is 16.6 Å². The summed E-state index contributed by atoms with van der Waals surface area (Å²) < 4.78 is 32.7. The lowest BCUT2D eigenvalue weighted by Crippen LogP contribution is -2.54. The summed E-state index contributed by atoms with van der Waals surface area (Å²) >= 11 is 6.14. The number of methoxy groups -OCH3 is 1. The van der Waals surface area contributed by atoms with E-state index in [4.69, 9.17) is 16.3 Å². The van der Waals surface area contributed by atoms with Crippen molar-refractivity contribution in [1.82, 2.24) is 14.1 Å². The molecule has 2 aromatic rings. The molecule has 0 bridgehead atoms. The molecule has 6 nitrogen and oxygen atoms in total. The summed E-state index contributed by atoms with van der Waals surface area (Å²) in [6, 6.07) is 15.5. The number of hydrogen-bond acceptors (Lipinski definition) is 5. The molecule has 0 aromatic heterocycles. The molecule has 9 heteroatoms. The molecule has 0 radical (unpaired) electrons. The van der Waals surface area contributed by atoms with Gasteiger partial charge in [0.1, 0.15) is 10.6 Å². The first kappa shape index (κ1) is 25.3. The van der Waals surface area contributed by atoms with Gasteiger partial charge in [0.15, 0.2) is 0 Å².